The summed E-state index contributed by atoms with van der Waals surface area (Å²) in [5, 5.41) is 8.55. The van der Waals surface area contributed by atoms with E-state index in [2.05, 4.69) is 10.3 Å². The molecule has 1 aromatic heterocycles. The number of nitrogens with zero attached hydrogens (tertiary/aromatic N) is 3. The Hall–Kier alpha value is -0.590. The summed E-state index contributed by atoms with van der Waals surface area (Å²) in [4.78, 5) is 0. The highest BCUT2D eigenvalue weighted by molar-refractivity contribution is 7.99. The van der Waals surface area contributed by atoms with Crippen LogP contribution >= 0.6 is 11.8 Å². The first-order valence-corrected chi connectivity index (χ1v) is 8.57. The lowest BCUT2D eigenvalue weighted by molar-refractivity contribution is -0.100. The highest BCUT2D eigenvalue weighted by Gasteiger charge is 2.39. The van der Waals surface area contributed by atoms with Gasteiger partial charge in [-0.3, -0.25) is 0 Å². The van der Waals surface area contributed by atoms with Crippen molar-refractivity contribution in [3.8, 4) is 0 Å². The van der Waals surface area contributed by atoms with Gasteiger partial charge in [0, 0.05) is 6.61 Å². The molecule has 2 saturated heterocycles. The summed E-state index contributed by atoms with van der Waals surface area (Å²) < 4.78 is 8.14. The largest absolute Gasteiger partial charge is 0.375 e. The van der Waals surface area contributed by atoms with Crippen LogP contribution in [0.3, 0.4) is 0 Å². The molecule has 20 heavy (non-hydrogen) atoms. The van der Waals surface area contributed by atoms with Crippen LogP contribution in [0.5, 0.6) is 0 Å². The molecule has 1 unspecified atom stereocenters. The predicted octanol–water partition coefficient (Wildman–Crippen LogP) is 2.09. The maximum Gasteiger partial charge on any atom is 0.102 e. The molecular formula is C14H24N4OS. The molecule has 1 spiro atoms. The van der Waals surface area contributed by atoms with Gasteiger partial charge in [0.05, 0.1) is 23.4 Å². The molecule has 0 saturated carbocycles. The van der Waals surface area contributed by atoms with Gasteiger partial charge in [-0.1, -0.05) is 5.21 Å². The number of rotatable bonds is 2. The molecule has 3 heterocycles. The molecular weight excluding hydrogens is 272 g/mol. The van der Waals surface area contributed by atoms with Crippen molar-refractivity contribution in [3.63, 3.8) is 0 Å². The average Bonchev–Trinajstić information content (AvgIpc) is 2.89. The van der Waals surface area contributed by atoms with Crippen molar-refractivity contribution in [1.29, 1.82) is 0 Å². The van der Waals surface area contributed by atoms with E-state index in [4.69, 9.17) is 10.5 Å². The van der Waals surface area contributed by atoms with E-state index in [-0.39, 0.29) is 5.60 Å². The Morgan fingerprint density at radius 3 is 2.85 bits per heavy atom. The van der Waals surface area contributed by atoms with Gasteiger partial charge < -0.3 is 10.5 Å². The second-order valence-electron chi connectivity index (χ2n) is 6.60. The number of hydrogen-bond acceptors (Lipinski definition) is 5. The van der Waals surface area contributed by atoms with Crippen LogP contribution in [-0.4, -0.2) is 38.7 Å². The van der Waals surface area contributed by atoms with Gasteiger partial charge in [-0.05, 0) is 51.0 Å². The van der Waals surface area contributed by atoms with E-state index in [1.807, 2.05) is 36.5 Å². The van der Waals surface area contributed by atoms with Crippen molar-refractivity contribution in [2.24, 2.45) is 5.73 Å². The van der Waals surface area contributed by atoms with Crippen molar-refractivity contribution in [2.75, 3.05) is 18.1 Å². The lowest BCUT2D eigenvalue weighted by atomic mass is 9.85. The van der Waals surface area contributed by atoms with Crippen LogP contribution in [0.2, 0.25) is 0 Å². The third-order valence-electron chi connectivity index (χ3n) is 4.42. The lowest BCUT2D eigenvalue weighted by Crippen LogP contribution is -2.43. The van der Waals surface area contributed by atoms with Crippen LogP contribution in [0.15, 0.2) is 6.20 Å². The second-order valence-corrected chi connectivity index (χ2v) is 7.82. The zero-order valence-corrected chi connectivity index (χ0v) is 13.2. The minimum Gasteiger partial charge on any atom is -0.375 e. The van der Waals surface area contributed by atoms with Gasteiger partial charge in [0.2, 0.25) is 0 Å². The van der Waals surface area contributed by atoms with Crippen molar-refractivity contribution in [3.05, 3.63) is 11.9 Å². The van der Waals surface area contributed by atoms with Gasteiger partial charge in [0.15, 0.2) is 0 Å². The van der Waals surface area contributed by atoms with Gasteiger partial charge in [-0.2, -0.15) is 11.8 Å². The fraction of sp³-hybridized carbons (Fsp3) is 0.857. The normalized spacial score (nSPS) is 26.9. The van der Waals surface area contributed by atoms with E-state index < -0.39 is 5.54 Å². The minimum atomic E-state index is -0.428. The highest BCUT2D eigenvalue weighted by Crippen LogP contribution is 2.41. The third kappa shape index (κ3) is 2.87. The van der Waals surface area contributed by atoms with Crippen molar-refractivity contribution < 1.29 is 4.74 Å². The SMILES string of the molecule is CC(C)(N)c1cn(C2CCOC3(CCSCC3)C2)nn1. The molecule has 2 fully saturated rings. The number of thioether (sulfide) groups is 1. The topological polar surface area (TPSA) is 66.0 Å². The highest BCUT2D eigenvalue weighted by atomic mass is 32.2. The molecule has 0 amide bonds. The zero-order valence-electron chi connectivity index (χ0n) is 12.3. The summed E-state index contributed by atoms with van der Waals surface area (Å²) in [5.41, 5.74) is 6.61. The number of hydrogen-bond donors (Lipinski definition) is 1. The molecule has 1 aromatic rings. The van der Waals surface area contributed by atoms with E-state index in [0.717, 1.165) is 38.0 Å². The Balaban J connectivity index is 1.75. The van der Waals surface area contributed by atoms with Crippen LogP contribution in [0.1, 0.15) is 51.3 Å². The Morgan fingerprint density at radius 1 is 1.45 bits per heavy atom. The van der Waals surface area contributed by atoms with E-state index in [0.29, 0.717) is 6.04 Å². The van der Waals surface area contributed by atoms with Crippen LogP contribution in [0, 0.1) is 0 Å². The van der Waals surface area contributed by atoms with Crippen molar-refractivity contribution in [2.45, 2.75) is 56.7 Å². The predicted molar refractivity (Wildman–Crippen MR) is 80.7 cm³/mol. The first kappa shape index (κ1) is 14.4. The van der Waals surface area contributed by atoms with E-state index in [9.17, 15) is 0 Å². The Morgan fingerprint density at radius 2 is 2.20 bits per heavy atom. The second kappa shape index (κ2) is 5.31. The number of aromatic nitrogens is 3. The quantitative estimate of drug-likeness (QED) is 0.905. The molecule has 0 radical (unpaired) electrons. The molecule has 2 aliphatic rings. The van der Waals surface area contributed by atoms with Crippen molar-refractivity contribution >= 4 is 11.8 Å². The summed E-state index contributed by atoms with van der Waals surface area (Å²) >= 11 is 2.04. The van der Waals surface area contributed by atoms with Crippen molar-refractivity contribution in [1.82, 2.24) is 15.0 Å². The summed E-state index contributed by atoms with van der Waals surface area (Å²) in [6.45, 7) is 4.76. The summed E-state index contributed by atoms with van der Waals surface area (Å²) in [6.07, 6.45) is 6.42. The van der Waals surface area contributed by atoms with Crippen LogP contribution in [0.25, 0.3) is 0 Å². The molecule has 2 N–H and O–H groups in total. The molecule has 5 nitrogen and oxygen atoms in total. The monoisotopic (exact) mass is 296 g/mol. The molecule has 0 aromatic carbocycles. The van der Waals surface area contributed by atoms with Gasteiger partial charge in [-0.15, -0.1) is 5.10 Å². The Kier molecular flexibility index (Phi) is 3.81. The lowest BCUT2D eigenvalue weighted by Gasteiger charge is -2.43. The molecule has 2 aliphatic heterocycles. The van der Waals surface area contributed by atoms with Crippen LogP contribution in [-0.2, 0) is 10.3 Å². The van der Waals surface area contributed by atoms with E-state index in [1.165, 1.54) is 11.5 Å². The zero-order chi connectivity index (χ0) is 14.2. The Bertz CT molecular complexity index is 456. The molecule has 112 valence electrons. The first-order chi connectivity index (χ1) is 9.49. The van der Waals surface area contributed by atoms with Gasteiger partial charge in [0.25, 0.3) is 0 Å². The van der Waals surface area contributed by atoms with Gasteiger partial charge in [0.1, 0.15) is 5.69 Å². The summed E-state index contributed by atoms with van der Waals surface area (Å²) in [6, 6.07) is 0.399. The smallest absolute Gasteiger partial charge is 0.102 e. The van der Waals surface area contributed by atoms with Crippen LogP contribution in [0.4, 0.5) is 0 Å². The maximum atomic E-state index is 6.13. The fourth-order valence-corrected chi connectivity index (χ4v) is 4.31. The average molecular weight is 296 g/mol. The standard InChI is InChI=1S/C14H24N4OS/c1-13(2,15)12-10-18(17-16-12)11-3-6-19-14(9-11)4-7-20-8-5-14/h10-11H,3-9,15H2,1-2H3. The first-order valence-electron chi connectivity index (χ1n) is 7.41. The Labute approximate surface area is 124 Å². The fourth-order valence-electron chi connectivity index (χ4n) is 3.07. The van der Waals surface area contributed by atoms with Gasteiger partial charge in [-0.25, -0.2) is 4.68 Å². The number of ether oxygens (including phenoxy) is 1. The molecule has 1 atom stereocenters. The van der Waals surface area contributed by atoms with E-state index >= 15 is 0 Å². The maximum absolute atomic E-state index is 6.13. The third-order valence-corrected chi connectivity index (χ3v) is 5.40. The minimum absolute atomic E-state index is 0.0819. The van der Waals surface area contributed by atoms with Crippen LogP contribution < -0.4 is 5.73 Å². The molecule has 0 bridgehead atoms. The number of nitrogens with two attached hydrogens (primary N) is 1. The molecule has 0 aliphatic carbocycles. The molecule has 3 rings (SSSR count). The summed E-state index contributed by atoms with van der Waals surface area (Å²) in [5.74, 6) is 2.43. The molecule has 6 heteroatoms. The van der Waals surface area contributed by atoms with E-state index in [1.54, 1.807) is 0 Å². The van der Waals surface area contributed by atoms with Gasteiger partial charge >= 0.3 is 0 Å². The summed E-state index contributed by atoms with van der Waals surface area (Å²) in [7, 11) is 0.